The Kier molecular flexibility index (Phi) is 4.06. The van der Waals surface area contributed by atoms with E-state index < -0.39 is 0 Å². The third kappa shape index (κ3) is 3.06. The number of hydrogen-bond donors (Lipinski definition) is 1. The highest BCUT2D eigenvalue weighted by Crippen LogP contribution is 2.35. The van der Waals surface area contributed by atoms with Gasteiger partial charge in [-0.15, -0.1) is 0 Å². The van der Waals surface area contributed by atoms with E-state index in [1.165, 1.54) is 19.3 Å². The molecule has 3 aromatic heterocycles. The maximum absolute atomic E-state index is 11.1. The van der Waals surface area contributed by atoms with E-state index >= 15 is 0 Å². The number of carbonyl (C=O) groups is 1. The quantitative estimate of drug-likeness (QED) is 0.781. The Balaban J connectivity index is 1.97. The molecule has 9 heteroatoms. The molecule has 0 radical (unpaired) electrons. The standard InChI is InChI=1S/C14H11Cl2N5O2/c1-7(22)19-10-5-8(3-4-17-10)23-9-6-18-13-12(11(9)15)21(2)14(16)20-13/h3-6H,1-2H3,(H,17,19,22). The van der Waals surface area contributed by atoms with Gasteiger partial charge in [-0.1, -0.05) is 11.6 Å². The van der Waals surface area contributed by atoms with Gasteiger partial charge in [0, 0.05) is 26.2 Å². The molecular weight excluding hydrogens is 341 g/mol. The van der Waals surface area contributed by atoms with Gasteiger partial charge in [-0.25, -0.2) is 9.97 Å². The molecule has 0 bridgehead atoms. The van der Waals surface area contributed by atoms with Crippen molar-refractivity contribution in [1.29, 1.82) is 0 Å². The number of anilines is 1. The Bertz CT molecular complexity index is 910. The van der Waals surface area contributed by atoms with Gasteiger partial charge in [0.05, 0.1) is 6.20 Å². The van der Waals surface area contributed by atoms with Crippen molar-refractivity contribution in [3.05, 3.63) is 34.8 Å². The highest BCUT2D eigenvalue weighted by molar-refractivity contribution is 6.37. The molecule has 0 aliphatic carbocycles. The van der Waals surface area contributed by atoms with E-state index in [1.807, 2.05) is 0 Å². The number of aryl methyl sites for hydroxylation is 1. The van der Waals surface area contributed by atoms with E-state index in [0.717, 1.165) is 0 Å². The van der Waals surface area contributed by atoms with Crippen LogP contribution in [-0.4, -0.2) is 25.4 Å². The predicted molar refractivity (Wildman–Crippen MR) is 87.1 cm³/mol. The Morgan fingerprint density at radius 3 is 2.87 bits per heavy atom. The zero-order chi connectivity index (χ0) is 16.6. The summed E-state index contributed by atoms with van der Waals surface area (Å²) in [7, 11) is 1.73. The van der Waals surface area contributed by atoms with Crippen LogP contribution in [0.3, 0.4) is 0 Å². The Morgan fingerprint density at radius 2 is 2.13 bits per heavy atom. The van der Waals surface area contributed by atoms with Gasteiger partial charge in [0.1, 0.15) is 22.1 Å². The molecule has 0 aliphatic heterocycles. The number of fused-ring (bicyclic) bond motifs is 1. The fraction of sp³-hybridized carbons (Fsp3) is 0.143. The van der Waals surface area contributed by atoms with Gasteiger partial charge < -0.3 is 14.6 Å². The summed E-state index contributed by atoms with van der Waals surface area (Å²) in [5.41, 5.74) is 1.01. The van der Waals surface area contributed by atoms with Crippen molar-refractivity contribution in [2.45, 2.75) is 6.92 Å². The molecule has 0 saturated carbocycles. The molecule has 0 saturated heterocycles. The van der Waals surface area contributed by atoms with Gasteiger partial charge in [0.25, 0.3) is 0 Å². The summed E-state index contributed by atoms with van der Waals surface area (Å²) in [6, 6.07) is 3.22. The van der Waals surface area contributed by atoms with Gasteiger partial charge in [-0.05, 0) is 17.7 Å². The first-order chi connectivity index (χ1) is 11.0. The van der Waals surface area contributed by atoms with E-state index in [1.54, 1.807) is 23.7 Å². The molecule has 0 unspecified atom stereocenters. The van der Waals surface area contributed by atoms with Crippen LogP contribution in [0, 0.1) is 0 Å². The van der Waals surface area contributed by atoms with E-state index in [-0.39, 0.29) is 11.2 Å². The number of ether oxygens (including phenoxy) is 1. The Hall–Kier alpha value is -2.38. The summed E-state index contributed by atoms with van der Waals surface area (Å²) < 4.78 is 7.35. The van der Waals surface area contributed by atoms with Crippen molar-refractivity contribution in [3.8, 4) is 11.5 Å². The summed E-state index contributed by atoms with van der Waals surface area (Å²) in [5.74, 6) is 0.961. The minimum absolute atomic E-state index is 0.222. The first kappa shape index (κ1) is 15.5. The van der Waals surface area contributed by atoms with Gasteiger partial charge >= 0.3 is 0 Å². The molecule has 0 atom stereocenters. The number of rotatable bonds is 3. The molecule has 0 aromatic carbocycles. The van der Waals surface area contributed by atoms with E-state index in [2.05, 4.69) is 20.3 Å². The number of amides is 1. The zero-order valence-electron chi connectivity index (χ0n) is 12.2. The lowest BCUT2D eigenvalue weighted by Gasteiger charge is -2.09. The second-order valence-corrected chi connectivity index (χ2v) is 5.42. The summed E-state index contributed by atoms with van der Waals surface area (Å²) in [6.07, 6.45) is 2.98. The van der Waals surface area contributed by atoms with Crippen LogP contribution in [0.15, 0.2) is 24.5 Å². The lowest BCUT2D eigenvalue weighted by Crippen LogP contribution is -2.07. The number of nitrogens with one attached hydrogen (secondary N) is 1. The number of aromatic nitrogens is 4. The average Bonchev–Trinajstić information content (AvgIpc) is 2.78. The van der Waals surface area contributed by atoms with Crippen LogP contribution in [0.1, 0.15) is 6.92 Å². The third-order valence-electron chi connectivity index (χ3n) is 3.01. The van der Waals surface area contributed by atoms with Gasteiger partial charge in [0.15, 0.2) is 11.4 Å². The molecule has 3 heterocycles. The highest BCUT2D eigenvalue weighted by Gasteiger charge is 2.15. The van der Waals surface area contributed by atoms with Crippen molar-refractivity contribution >= 4 is 46.1 Å². The SMILES string of the molecule is CC(=O)Nc1cc(Oc2cnc3nc(Cl)n(C)c3c2Cl)ccn1. The normalized spacial score (nSPS) is 10.8. The Morgan fingerprint density at radius 1 is 1.35 bits per heavy atom. The van der Waals surface area contributed by atoms with Gasteiger partial charge in [-0.3, -0.25) is 4.79 Å². The fourth-order valence-electron chi connectivity index (χ4n) is 2.01. The largest absolute Gasteiger partial charge is 0.454 e. The minimum Gasteiger partial charge on any atom is -0.454 e. The summed E-state index contributed by atoms with van der Waals surface area (Å²) in [4.78, 5) is 23.4. The maximum Gasteiger partial charge on any atom is 0.222 e. The monoisotopic (exact) mass is 351 g/mol. The van der Waals surface area contributed by atoms with Crippen LogP contribution in [-0.2, 0) is 11.8 Å². The summed E-state index contributed by atoms with van der Waals surface area (Å²) >= 11 is 12.3. The lowest BCUT2D eigenvalue weighted by atomic mass is 10.4. The molecule has 3 aromatic rings. The third-order valence-corrected chi connectivity index (χ3v) is 3.72. The van der Waals surface area contributed by atoms with Crippen molar-refractivity contribution in [2.24, 2.45) is 7.05 Å². The number of halogens is 2. The average molecular weight is 352 g/mol. The lowest BCUT2D eigenvalue weighted by molar-refractivity contribution is -0.114. The molecule has 7 nitrogen and oxygen atoms in total. The second kappa shape index (κ2) is 6.02. The molecule has 118 valence electrons. The zero-order valence-corrected chi connectivity index (χ0v) is 13.7. The number of carbonyl (C=O) groups excluding carboxylic acids is 1. The van der Waals surface area contributed by atoms with Crippen LogP contribution >= 0.6 is 23.2 Å². The molecular formula is C14H11Cl2N5O2. The second-order valence-electron chi connectivity index (χ2n) is 4.71. The summed E-state index contributed by atoms with van der Waals surface area (Å²) in [5, 5.41) is 3.20. The number of hydrogen-bond acceptors (Lipinski definition) is 5. The van der Waals surface area contributed by atoms with E-state index in [4.69, 9.17) is 27.9 Å². The van der Waals surface area contributed by atoms with Crippen molar-refractivity contribution in [3.63, 3.8) is 0 Å². The summed E-state index contributed by atoms with van der Waals surface area (Å²) in [6.45, 7) is 1.40. The molecule has 23 heavy (non-hydrogen) atoms. The molecule has 3 rings (SSSR count). The van der Waals surface area contributed by atoms with Crippen LogP contribution in [0.5, 0.6) is 11.5 Å². The number of imidazole rings is 1. The van der Waals surface area contributed by atoms with E-state index in [9.17, 15) is 4.79 Å². The first-order valence-corrected chi connectivity index (χ1v) is 7.29. The molecule has 1 N–H and O–H groups in total. The van der Waals surface area contributed by atoms with Gasteiger partial charge in [0.2, 0.25) is 11.2 Å². The predicted octanol–water partition coefficient (Wildman–Crippen LogP) is 3.42. The van der Waals surface area contributed by atoms with Gasteiger partial charge in [-0.2, -0.15) is 4.98 Å². The van der Waals surface area contributed by atoms with Crippen LogP contribution in [0.2, 0.25) is 10.3 Å². The Labute approximate surface area is 141 Å². The highest BCUT2D eigenvalue weighted by atomic mass is 35.5. The van der Waals surface area contributed by atoms with Crippen LogP contribution in [0.4, 0.5) is 5.82 Å². The van der Waals surface area contributed by atoms with E-state index in [0.29, 0.717) is 33.5 Å². The van der Waals surface area contributed by atoms with Crippen molar-refractivity contribution in [1.82, 2.24) is 19.5 Å². The fourth-order valence-corrected chi connectivity index (χ4v) is 2.47. The smallest absolute Gasteiger partial charge is 0.222 e. The van der Waals surface area contributed by atoms with Crippen molar-refractivity contribution in [2.75, 3.05) is 5.32 Å². The topological polar surface area (TPSA) is 81.9 Å². The number of nitrogens with zero attached hydrogens (tertiary/aromatic N) is 4. The molecule has 1 amide bonds. The minimum atomic E-state index is -0.222. The van der Waals surface area contributed by atoms with Crippen LogP contribution in [0.25, 0.3) is 11.2 Å². The van der Waals surface area contributed by atoms with Crippen LogP contribution < -0.4 is 10.1 Å². The number of pyridine rings is 2. The molecule has 0 fully saturated rings. The first-order valence-electron chi connectivity index (χ1n) is 6.53. The molecule has 0 aliphatic rings. The van der Waals surface area contributed by atoms with Crippen molar-refractivity contribution < 1.29 is 9.53 Å². The molecule has 0 spiro atoms. The maximum atomic E-state index is 11.1.